The van der Waals surface area contributed by atoms with Gasteiger partial charge in [-0.05, 0) is 51.0 Å². The van der Waals surface area contributed by atoms with Gasteiger partial charge in [-0.2, -0.15) is 0 Å². The Hall–Kier alpha value is -6.37. The molecule has 6 heteroatoms. The Labute approximate surface area is 293 Å². The highest BCUT2D eigenvalue weighted by atomic mass is 28.3. The molecular formula is C45H29N3O2Si. The summed E-state index contributed by atoms with van der Waals surface area (Å²) in [6, 6.07) is 48.5. The van der Waals surface area contributed by atoms with Crippen molar-refractivity contribution in [3.05, 3.63) is 140 Å². The van der Waals surface area contributed by atoms with E-state index >= 15 is 0 Å². The average molecular weight is 672 g/mol. The Bertz CT molecular complexity index is 3080. The fourth-order valence-corrected chi connectivity index (χ4v) is 11.4. The molecule has 0 saturated carbocycles. The molecule has 0 aliphatic carbocycles. The molecule has 0 atom stereocenters. The molecule has 0 saturated heterocycles. The quantitative estimate of drug-likeness (QED) is 0.175. The van der Waals surface area contributed by atoms with Crippen LogP contribution < -0.4 is 10.4 Å². The summed E-state index contributed by atoms with van der Waals surface area (Å²) in [6.45, 7) is 4.86. The van der Waals surface area contributed by atoms with Crippen molar-refractivity contribution >= 4 is 73.1 Å². The van der Waals surface area contributed by atoms with Gasteiger partial charge in [-0.1, -0.05) is 128 Å². The van der Waals surface area contributed by atoms with E-state index in [1.165, 1.54) is 21.5 Å². The van der Waals surface area contributed by atoms with Crippen LogP contribution in [-0.2, 0) is 0 Å². The molecule has 51 heavy (non-hydrogen) atoms. The van der Waals surface area contributed by atoms with E-state index in [9.17, 15) is 0 Å². The van der Waals surface area contributed by atoms with Gasteiger partial charge in [-0.15, -0.1) is 0 Å². The molecule has 4 heterocycles. The van der Waals surface area contributed by atoms with Gasteiger partial charge in [0.25, 0.3) is 0 Å². The fraction of sp³-hybridized carbons (Fsp3) is 0.0444. The summed E-state index contributed by atoms with van der Waals surface area (Å²) in [6.07, 6.45) is 0. The average Bonchev–Trinajstić information content (AvgIpc) is 3.82. The first kappa shape index (κ1) is 28.5. The van der Waals surface area contributed by atoms with Gasteiger partial charge >= 0.3 is 0 Å². The molecule has 7 aromatic carbocycles. The summed E-state index contributed by atoms with van der Waals surface area (Å²) in [7, 11) is -2.10. The third kappa shape index (κ3) is 3.99. The Balaban J connectivity index is 1.28. The first-order valence-electron chi connectivity index (χ1n) is 17.3. The van der Waals surface area contributed by atoms with Gasteiger partial charge in [0.15, 0.2) is 17.5 Å². The maximum absolute atomic E-state index is 6.83. The minimum Gasteiger partial charge on any atom is -0.456 e. The van der Waals surface area contributed by atoms with Gasteiger partial charge in [-0.3, -0.25) is 0 Å². The third-order valence-electron chi connectivity index (χ3n) is 10.7. The van der Waals surface area contributed by atoms with Gasteiger partial charge in [0.05, 0.1) is 0 Å². The highest BCUT2D eigenvalue weighted by Crippen LogP contribution is 2.44. The zero-order valence-corrected chi connectivity index (χ0v) is 28.9. The monoisotopic (exact) mass is 671 g/mol. The summed E-state index contributed by atoms with van der Waals surface area (Å²) in [5.41, 5.74) is 8.67. The SMILES string of the molecule is C[Si]1(C)c2ccccc2-c2c1cc(-c1nc(-c3cccc4ccccc34)nc(-c3cccc4oc5ccccc5c34)n1)c1c2oc2ccccc21. The third-order valence-corrected chi connectivity index (χ3v) is 14.3. The van der Waals surface area contributed by atoms with Gasteiger partial charge in [0.1, 0.15) is 30.4 Å². The van der Waals surface area contributed by atoms with E-state index in [2.05, 4.69) is 116 Å². The molecule has 0 radical (unpaired) electrons. The second kappa shape index (κ2) is 10.3. The van der Waals surface area contributed by atoms with Crippen LogP contribution in [0.15, 0.2) is 148 Å². The zero-order chi connectivity index (χ0) is 33.8. The minimum atomic E-state index is -2.10. The van der Waals surface area contributed by atoms with E-state index in [1.54, 1.807) is 0 Å². The summed E-state index contributed by atoms with van der Waals surface area (Å²) in [5, 5.41) is 9.07. The summed E-state index contributed by atoms with van der Waals surface area (Å²) in [4.78, 5) is 16.0. The molecular weight excluding hydrogens is 643 g/mol. The van der Waals surface area contributed by atoms with Crippen LogP contribution in [-0.4, -0.2) is 23.0 Å². The lowest BCUT2D eigenvalue weighted by Crippen LogP contribution is -2.49. The summed E-state index contributed by atoms with van der Waals surface area (Å²) >= 11 is 0. The number of aromatic nitrogens is 3. The molecule has 0 fully saturated rings. The van der Waals surface area contributed by atoms with Crippen molar-refractivity contribution in [3.8, 4) is 45.3 Å². The van der Waals surface area contributed by atoms with Crippen LogP contribution >= 0.6 is 0 Å². The molecule has 10 aromatic rings. The topological polar surface area (TPSA) is 65.0 Å². The Morgan fingerprint density at radius 3 is 1.80 bits per heavy atom. The van der Waals surface area contributed by atoms with Crippen molar-refractivity contribution in [1.29, 1.82) is 0 Å². The van der Waals surface area contributed by atoms with Crippen LogP contribution in [0.3, 0.4) is 0 Å². The molecule has 1 aliphatic heterocycles. The van der Waals surface area contributed by atoms with E-state index in [1.807, 2.05) is 36.4 Å². The van der Waals surface area contributed by atoms with Crippen molar-refractivity contribution in [2.45, 2.75) is 13.1 Å². The molecule has 1 aliphatic rings. The lowest BCUT2D eigenvalue weighted by atomic mass is 9.98. The number of rotatable bonds is 3. The number of para-hydroxylation sites is 2. The minimum absolute atomic E-state index is 0.598. The lowest BCUT2D eigenvalue weighted by Gasteiger charge is -2.19. The molecule has 0 unspecified atom stereocenters. The van der Waals surface area contributed by atoms with Crippen molar-refractivity contribution < 1.29 is 8.83 Å². The Kier molecular flexibility index (Phi) is 5.76. The van der Waals surface area contributed by atoms with E-state index in [0.29, 0.717) is 17.5 Å². The van der Waals surface area contributed by atoms with Crippen molar-refractivity contribution in [1.82, 2.24) is 15.0 Å². The van der Waals surface area contributed by atoms with E-state index in [0.717, 1.165) is 71.3 Å². The molecule has 5 nitrogen and oxygen atoms in total. The molecule has 240 valence electrons. The van der Waals surface area contributed by atoms with Gasteiger partial charge in [-0.25, -0.2) is 15.0 Å². The van der Waals surface area contributed by atoms with Crippen LogP contribution in [0.2, 0.25) is 13.1 Å². The van der Waals surface area contributed by atoms with Crippen molar-refractivity contribution in [2.75, 3.05) is 0 Å². The molecule has 0 bridgehead atoms. The highest BCUT2D eigenvalue weighted by molar-refractivity contribution is 7.04. The van der Waals surface area contributed by atoms with E-state index in [4.69, 9.17) is 23.8 Å². The molecule has 0 N–H and O–H groups in total. The zero-order valence-electron chi connectivity index (χ0n) is 27.9. The molecule has 11 rings (SSSR count). The molecule has 0 amide bonds. The predicted molar refractivity (Wildman–Crippen MR) is 210 cm³/mol. The maximum atomic E-state index is 6.83. The number of furan rings is 2. The van der Waals surface area contributed by atoms with Crippen LogP contribution in [0.5, 0.6) is 0 Å². The standard InChI is InChI=1S/C45H29N3O2Si/c1-51(2)37-24-10-7-18-31(37)41-38(51)25-33(40-30-17-6-9-22-35(30)50-42(40)41)45-47-43(28-19-11-14-26-13-3-4-15-27(26)28)46-44(48-45)32-20-12-23-36-39(32)29-16-5-8-21-34(29)49-36/h3-25H,1-2H3. The maximum Gasteiger partial charge on any atom is 0.164 e. The first-order valence-corrected chi connectivity index (χ1v) is 20.3. The van der Waals surface area contributed by atoms with Crippen molar-refractivity contribution in [3.63, 3.8) is 0 Å². The van der Waals surface area contributed by atoms with Crippen LogP contribution in [0.1, 0.15) is 0 Å². The first-order chi connectivity index (χ1) is 25.0. The van der Waals surface area contributed by atoms with Gasteiger partial charge in [0, 0.05) is 43.8 Å². The lowest BCUT2D eigenvalue weighted by molar-refractivity contribution is 0.669. The Morgan fingerprint density at radius 1 is 0.431 bits per heavy atom. The summed E-state index contributed by atoms with van der Waals surface area (Å²) < 4.78 is 13.2. The smallest absolute Gasteiger partial charge is 0.164 e. The largest absolute Gasteiger partial charge is 0.456 e. The second-order valence-corrected chi connectivity index (χ2v) is 18.3. The van der Waals surface area contributed by atoms with Gasteiger partial charge < -0.3 is 8.83 Å². The van der Waals surface area contributed by atoms with E-state index < -0.39 is 8.07 Å². The van der Waals surface area contributed by atoms with Gasteiger partial charge in [0.2, 0.25) is 0 Å². The number of fused-ring (bicyclic) bond motifs is 11. The van der Waals surface area contributed by atoms with Crippen LogP contribution in [0.25, 0.3) is 99.9 Å². The molecule has 3 aromatic heterocycles. The second-order valence-electron chi connectivity index (χ2n) is 13.9. The van der Waals surface area contributed by atoms with Crippen LogP contribution in [0, 0.1) is 0 Å². The molecule has 0 spiro atoms. The van der Waals surface area contributed by atoms with E-state index in [-0.39, 0.29) is 0 Å². The Morgan fingerprint density at radius 2 is 0.980 bits per heavy atom. The van der Waals surface area contributed by atoms with Crippen LogP contribution in [0.4, 0.5) is 0 Å². The predicted octanol–water partition coefficient (Wildman–Crippen LogP) is 10.6. The van der Waals surface area contributed by atoms with Crippen molar-refractivity contribution in [2.24, 2.45) is 0 Å². The highest BCUT2D eigenvalue weighted by Gasteiger charge is 2.40. The summed E-state index contributed by atoms with van der Waals surface area (Å²) in [5.74, 6) is 1.84. The normalized spacial score (nSPS) is 13.5. The number of hydrogen-bond acceptors (Lipinski definition) is 5. The number of nitrogens with zero attached hydrogens (tertiary/aromatic N) is 3. The number of hydrogen-bond donors (Lipinski definition) is 0. The fourth-order valence-electron chi connectivity index (χ4n) is 8.35. The number of benzene rings is 7.